The summed E-state index contributed by atoms with van der Waals surface area (Å²) >= 11 is 5.97. The Morgan fingerprint density at radius 1 is 1.21 bits per heavy atom. The average molecular weight is 347 g/mol. The number of halogens is 1. The molecular weight excluding hydrogens is 324 g/mol. The van der Waals surface area contributed by atoms with Crippen LogP contribution in [-0.4, -0.2) is 24.2 Å². The number of aliphatic hydroxyl groups is 1. The first-order valence-corrected chi connectivity index (χ1v) is 8.43. The molecule has 24 heavy (non-hydrogen) atoms. The summed E-state index contributed by atoms with van der Waals surface area (Å²) in [5, 5.41) is 15.8. The summed E-state index contributed by atoms with van der Waals surface area (Å²) in [5.41, 5.74) is 2.80. The Bertz CT molecular complexity index is 662. The molecule has 0 saturated heterocycles. The number of aryl methyl sites for hydroxylation is 1. The monoisotopic (exact) mass is 346 g/mol. The second-order valence-corrected chi connectivity index (χ2v) is 6.15. The summed E-state index contributed by atoms with van der Waals surface area (Å²) in [7, 11) is 0. The van der Waals surface area contributed by atoms with Crippen molar-refractivity contribution < 1.29 is 9.90 Å². The third kappa shape index (κ3) is 5.64. The van der Waals surface area contributed by atoms with Crippen molar-refractivity contribution in [2.24, 2.45) is 0 Å². The fraction of sp³-hybridized carbons (Fsp3) is 0.316. The predicted molar refractivity (Wildman–Crippen MR) is 98.3 cm³/mol. The van der Waals surface area contributed by atoms with Crippen LogP contribution in [-0.2, 0) is 4.79 Å². The van der Waals surface area contributed by atoms with E-state index in [9.17, 15) is 4.79 Å². The molecule has 0 aliphatic carbocycles. The van der Waals surface area contributed by atoms with E-state index < -0.39 is 0 Å². The minimum Gasteiger partial charge on any atom is -0.396 e. The number of anilines is 1. The van der Waals surface area contributed by atoms with E-state index >= 15 is 0 Å². The average Bonchev–Trinajstić information content (AvgIpc) is 2.59. The summed E-state index contributed by atoms with van der Waals surface area (Å²) in [5.74, 6) is -0.120. The van der Waals surface area contributed by atoms with E-state index in [1.54, 1.807) is 12.1 Å². The van der Waals surface area contributed by atoms with Gasteiger partial charge in [-0.2, -0.15) is 0 Å². The van der Waals surface area contributed by atoms with Crippen LogP contribution in [0.25, 0.3) is 0 Å². The number of aliphatic hydroxyl groups excluding tert-OH is 1. The summed E-state index contributed by atoms with van der Waals surface area (Å²) in [6, 6.07) is 15.4. The van der Waals surface area contributed by atoms with E-state index in [4.69, 9.17) is 16.7 Å². The van der Waals surface area contributed by atoms with Gasteiger partial charge < -0.3 is 15.7 Å². The zero-order chi connectivity index (χ0) is 17.4. The van der Waals surface area contributed by atoms with Gasteiger partial charge in [-0.05, 0) is 43.0 Å². The van der Waals surface area contributed by atoms with Crippen LogP contribution in [0, 0.1) is 6.92 Å². The number of amides is 1. The third-order valence-corrected chi connectivity index (χ3v) is 4.07. The van der Waals surface area contributed by atoms with Crippen molar-refractivity contribution in [1.29, 1.82) is 0 Å². The summed E-state index contributed by atoms with van der Waals surface area (Å²) in [6.45, 7) is 2.25. The fourth-order valence-corrected chi connectivity index (χ4v) is 2.68. The molecule has 0 radical (unpaired) electrons. The maximum Gasteiger partial charge on any atom is 0.238 e. The maximum atomic E-state index is 12.2. The Hall–Kier alpha value is -1.88. The van der Waals surface area contributed by atoms with Crippen molar-refractivity contribution in [2.75, 3.05) is 18.5 Å². The molecule has 1 atom stereocenters. The van der Waals surface area contributed by atoms with Gasteiger partial charge in [-0.3, -0.25) is 4.79 Å². The van der Waals surface area contributed by atoms with Gasteiger partial charge in [-0.15, -0.1) is 0 Å². The summed E-state index contributed by atoms with van der Waals surface area (Å²) < 4.78 is 0. The third-order valence-electron chi connectivity index (χ3n) is 3.84. The molecule has 1 unspecified atom stereocenters. The lowest BCUT2D eigenvalue weighted by atomic mass is 10.0. The van der Waals surface area contributed by atoms with Crippen molar-refractivity contribution in [3.8, 4) is 0 Å². The van der Waals surface area contributed by atoms with Gasteiger partial charge >= 0.3 is 0 Å². The molecule has 2 rings (SSSR count). The highest BCUT2D eigenvalue weighted by molar-refractivity contribution is 6.31. The first-order chi connectivity index (χ1) is 11.6. The van der Waals surface area contributed by atoms with Gasteiger partial charge in [0.05, 0.1) is 6.54 Å². The van der Waals surface area contributed by atoms with Gasteiger partial charge in [0.25, 0.3) is 0 Å². The van der Waals surface area contributed by atoms with E-state index in [1.165, 1.54) is 0 Å². The number of nitrogens with one attached hydrogen (secondary N) is 2. The molecule has 2 aromatic carbocycles. The molecule has 0 aliphatic heterocycles. The van der Waals surface area contributed by atoms with Gasteiger partial charge in [0, 0.05) is 23.4 Å². The van der Waals surface area contributed by atoms with Gasteiger partial charge in [0.15, 0.2) is 0 Å². The molecule has 2 aromatic rings. The molecular formula is C19H23ClN2O2. The van der Waals surface area contributed by atoms with Gasteiger partial charge in [-0.25, -0.2) is 0 Å². The minimum absolute atomic E-state index is 0.0320. The largest absolute Gasteiger partial charge is 0.396 e. The number of carbonyl (C=O) groups excluding carboxylic acids is 1. The van der Waals surface area contributed by atoms with Gasteiger partial charge in [0.1, 0.15) is 0 Å². The normalized spacial score (nSPS) is 12.0. The van der Waals surface area contributed by atoms with Crippen LogP contribution < -0.4 is 10.6 Å². The zero-order valence-electron chi connectivity index (χ0n) is 13.8. The van der Waals surface area contributed by atoms with Crippen molar-refractivity contribution in [1.82, 2.24) is 5.32 Å². The molecule has 128 valence electrons. The number of carbonyl (C=O) groups is 1. The smallest absolute Gasteiger partial charge is 0.238 e. The van der Waals surface area contributed by atoms with Crippen molar-refractivity contribution >= 4 is 23.2 Å². The highest BCUT2D eigenvalue weighted by Gasteiger charge is 2.13. The SMILES string of the molecule is Cc1ccc(Cl)cc1NC(=O)CNC(CCCO)c1ccccc1. The van der Waals surface area contributed by atoms with Crippen LogP contribution in [0.3, 0.4) is 0 Å². The lowest BCUT2D eigenvalue weighted by Crippen LogP contribution is -2.31. The first kappa shape index (κ1) is 18.5. The van der Waals surface area contributed by atoms with Crippen LogP contribution >= 0.6 is 11.6 Å². The van der Waals surface area contributed by atoms with E-state index in [0.717, 1.165) is 23.2 Å². The Labute approximate surface area is 147 Å². The van der Waals surface area contributed by atoms with Crippen molar-refractivity contribution in [2.45, 2.75) is 25.8 Å². The van der Waals surface area contributed by atoms with Crippen molar-refractivity contribution in [3.05, 3.63) is 64.7 Å². The second kappa shape index (κ2) is 9.42. The topological polar surface area (TPSA) is 61.4 Å². The Balaban J connectivity index is 1.95. The number of rotatable bonds is 8. The molecule has 1 amide bonds. The Kier molecular flexibility index (Phi) is 7.25. The molecule has 0 bridgehead atoms. The first-order valence-electron chi connectivity index (χ1n) is 8.05. The molecule has 3 N–H and O–H groups in total. The quantitative estimate of drug-likeness (QED) is 0.683. The maximum absolute atomic E-state index is 12.2. The van der Waals surface area contributed by atoms with E-state index in [-0.39, 0.29) is 25.1 Å². The van der Waals surface area contributed by atoms with Crippen LogP contribution in [0.4, 0.5) is 5.69 Å². The second-order valence-electron chi connectivity index (χ2n) is 5.72. The molecule has 4 nitrogen and oxygen atoms in total. The van der Waals surface area contributed by atoms with Crippen LogP contribution in [0.5, 0.6) is 0 Å². The fourth-order valence-electron chi connectivity index (χ4n) is 2.51. The zero-order valence-corrected chi connectivity index (χ0v) is 14.5. The van der Waals surface area contributed by atoms with Crippen molar-refractivity contribution in [3.63, 3.8) is 0 Å². The molecule has 0 saturated carbocycles. The predicted octanol–water partition coefficient (Wildman–Crippen LogP) is 3.69. The lowest BCUT2D eigenvalue weighted by molar-refractivity contribution is -0.115. The van der Waals surface area contributed by atoms with Gasteiger partial charge in [0.2, 0.25) is 5.91 Å². The number of benzene rings is 2. The molecule has 0 fully saturated rings. The highest BCUT2D eigenvalue weighted by Crippen LogP contribution is 2.20. The Morgan fingerprint density at radius 3 is 2.67 bits per heavy atom. The number of hydrogen-bond donors (Lipinski definition) is 3. The number of hydrogen-bond acceptors (Lipinski definition) is 3. The molecule has 0 spiro atoms. The highest BCUT2D eigenvalue weighted by atomic mass is 35.5. The lowest BCUT2D eigenvalue weighted by Gasteiger charge is -2.19. The van der Waals surface area contributed by atoms with Gasteiger partial charge in [-0.1, -0.05) is 48.0 Å². The van der Waals surface area contributed by atoms with E-state index in [1.807, 2.05) is 43.3 Å². The molecule has 0 aliphatic rings. The standard InChI is InChI=1S/C19H23ClN2O2/c1-14-9-10-16(20)12-18(14)22-19(24)13-21-17(8-5-11-23)15-6-3-2-4-7-15/h2-4,6-7,9-10,12,17,21,23H,5,8,11,13H2,1H3,(H,22,24). The van der Waals surface area contributed by atoms with Crippen LogP contribution in [0.2, 0.25) is 5.02 Å². The minimum atomic E-state index is -0.120. The van der Waals surface area contributed by atoms with Crippen LogP contribution in [0.1, 0.15) is 30.0 Å². The molecule has 5 heteroatoms. The summed E-state index contributed by atoms with van der Waals surface area (Å²) in [4.78, 5) is 12.2. The van der Waals surface area contributed by atoms with Crippen LogP contribution in [0.15, 0.2) is 48.5 Å². The molecule has 0 heterocycles. The molecule has 0 aromatic heterocycles. The van der Waals surface area contributed by atoms with E-state index in [0.29, 0.717) is 11.4 Å². The summed E-state index contributed by atoms with van der Waals surface area (Å²) in [6.07, 6.45) is 1.45. The van der Waals surface area contributed by atoms with E-state index in [2.05, 4.69) is 10.6 Å². The Morgan fingerprint density at radius 2 is 1.96 bits per heavy atom.